The molecule has 0 aromatic rings. The van der Waals surface area contributed by atoms with Crippen LogP contribution in [0.1, 0.15) is 52.9 Å². The number of hydrazone groups is 1. The summed E-state index contributed by atoms with van der Waals surface area (Å²) in [5.41, 5.74) is -4.08. The minimum atomic E-state index is -5.01. The Morgan fingerprint density at radius 3 is 2.50 bits per heavy atom. The molecule has 126 valence electrons. The standard InChI is InChI=1S/C14H21F3N2O3/c1-12(2,3)22-11(20)19-13(21,14(15,16)17)9-7-5-4-6-8-10(9)18-19/h9,21H,4-8H2,1-3H3/t9-,13-/m1/s1. The maximum atomic E-state index is 13.5. The zero-order valence-corrected chi connectivity index (χ0v) is 12.9. The molecule has 2 aliphatic rings. The minimum absolute atomic E-state index is 0.0869. The van der Waals surface area contributed by atoms with Gasteiger partial charge in [0.15, 0.2) is 0 Å². The van der Waals surface area contributed by atoms with Gasteiger partial charge in [0.1, 0.15) is 5.60 Å². The van der Waals surface area contributed by atoms with E-state index in [-0.39, 0.29) is 17.1 Å². The molecule has 1 aliphatic heterocycles. The molecule has 8 heteroatoms. The summed E-state index contributed by atoms with van der Waals surface area (Å²) in [6.07, 6.45) is -3.75. The normalized spacial score (nSPS) is 29.7. The van der Waals surface area contributed by atoms with Crippen LogP contribution >= 0.6 is 0 Å². The smallest absolute Gasteiger partial charge is 0.439 e. The lowest BCUT2D eigenvalue weighted by molar-refractivity contribution is -0.315. The quantitative estimate of drug-likeness (QED) is 0.743. The van der Waals surface area contributed by atoms with Crippen molar-refractivity contribution in [3.8, 4) is 0 Å². The van der Waals surface area contributed by atoms with Gasteiger partial charge in [-0.05, 0) is 40.0 Å². The van der Waals surface area contributed by atoms with Gasteiger partial charge in [-0.25, -0.2) is 4.79 Å². The number of halogens is 3. The fraction of sp³-hybridized carbons (Fsp3) is 0.857. The zero-order valence-electron chi connectivity index (χ0n) is 12.9. The van der Waals surface area contributed by atoms with E-state index in [4.69, 9.17) is 4.74 Å². The van der Waals surface area contributed by atoms with Gasteiger partial charge in [0.25, 0.3) is 5.72 Å². The first kappa shape index (κ1) is 17.1. The average Bonchev–Trinajstić information content (AvgIpc) is 2.51. The second kappa shape index (κ2) is 5.40. The highest BCUT2D eigenvalue weighted by Crippen LogP contribution is 2.47. The number of alkyl halides is 3. The number of aliphatic hydroxyl groups is 1. The minimum Gasteiger partial charge on any atom is -0.442 e. The molecule has 2 atom stereocenters. The molecule has 1 heterocycles. The van der Waals surface area contributed by atoms with Gasteiger partial charge in [-0.1, -0.05) is 12.8 Å². The highest BCUT2D eigenvalue weighted by atomic mass is 19.4. The van der Waals surface area contributed by atoms with Gasteiger partial charge in [-0.3, -0.25) is 0 Å². The second-order valence-electron chi connectivity index (χ2n) is 6.76. The molecule has 0 unspecified atom stereocenters. The summed E-state index contributed by atoms with van der Waals surface area (Å²) in [6, 6.07) is 0. The lowest BCUT2D eigenvalue weighted by Gasteiger charge is -2.37. The van der Waals surface area contributed by atoms with E-state index in [1.165, 1.54) is 0 Å². The Morgan fingerprint density at radius 1 is 1.32 bits per heavy atom. The molecule has 5 nitrogen and oxygen atoms in total. The number of hydrogen-bond donors (Lipinski definition) is 1. The number of nitrogens with zero attached hydrogens (tertiary/aromatic N) is 2. The number of amides is 1. The molecule has 1 N–H and O–H groups in total. The summed E-state index contributed by atoms with van der Waals surface area (Å²) in [4.78, 5) is 12.1. The summed E-state index contributed by atoms with van der Waals surface area (Å²) >= 11 is 0. The summed E-state index contributed by atoms with van der Waals surface area (Å²) < 4.78 is 45.5. The third-order valence-electron chi connectivity index (χ3n) is 3.85. The molecular weight excluding hydrogens is 301 g/mol. The van der Waals surface area contributed by atoms with Crippen molar-refractivity contribution in [2.45, 2.75) is 70.4 Å². The van der Waals surface area contributed by atoms with Crippen LogP contribution in [0.4, 0.5) is 18.0 Å². The van der Waals surface area contributed by atoms with Gasteiger partial charge >= 0.3 is 12.3 Å². The van der Waals surface area contributed by atoms with Crippen LogP contribution in [0.2, 0.25) is 0 Å². The van der Waals surface area contributed by atoms with Crippen molar-refractivity contribution in [2.24, 2.45) is 11.0 Å². The van der Waals surface area contributed by atoms with Crippen molar-refractivity contribution in [3.63, 3.8) is 0 Å². The van der Waals surface area contributed by atoms with Crippen molar-refractivity contribution in [3.05, 3.63) is 0 Å². The lowest BCUT2D eigenvalue weighted by Crippen LogP contribution is -2.61. The Kier molecular flexibility index (Phi) is 4.18. The highest BCUT2D eigenvalue weighted by Gasteiger charge is 2.68. The van der Waals surface area contributed by atoms with Crippen molar-refractivity contribution in [1.29, 1.82) is 0 Å². The molecule has 2 rings (SSSR count). The molecule has 1 fully saturated rings. The number of ether oxygens (including phenoxy) is 1. The molecule has 0 radical (unpaired) electrons. The third-order valence-corrected chi connectivity index (χ3v) is 3.85. The second-order valence-corrected chi connectivity index (χ2v) is 6.76. The van der Waals surface area contributed by atoms with E-state index in [1.807, 2.05) is 0 Å². The maximum absolute atomic E-state index is 13.5. The van der Waals surface area contributed by atoms with E-state index < -0.39 is 29.5 Å². The van der Waals surface area contributed by atoms with Crippen molar-refractivity contribution in [2.75, 3.05) is 0 Å². The Balaban J connectivity index is 2.39. The molecule has 0 bridgehead atoms. The largest absolute Gasteiger partial charge is 0.442 e. The van der Waals surface area contributed by atoms with E-state index >= 15 is 0 Å². The SMILES string of the molecule is CC(C)(C)OC(=O)N1N=C2CCCCC[C@H]2[C@@]1(O)C(F)(F)F. The number of fused-ring (bicyclic) bond motifs is 1. The van der Waals surface area contributed by atoms with E-state index in [2.05, 4.69) is 5.10 Å². The van der Waals surface area contributed by atoms with Gasteiger partial charge in [0.2, 0.25) is 0 Å². The summed E-state index contributed by atoms with van der Waals surface area (Å²) in [5, 5.41) is 14.2. The number of rotatable bonds is 0. The van der Waals surface area contributed by atoms with Crippen molar-refractivity contribution in [1.82, 2.24) is 5.01 Å². The van der Waals surface area contributed by atoms with Gasteiger partial charge < -0.3 is 9.84 Å². The third kappa shape index (κ3) is 2.93. The molecule has 0 saturated heterocycles. The molecule has 1 aliphatic carbocycles. The molecule has 1 saturated carbocycles. The van der Waals surface area contributed by atoms with Crippen LogP contribution in [-0.2, 0) is 4.74 Å². The summed E-state index contributed by atoms with van der Waals surface area (Å²) in [5.74, 6) is -1.22. The first-order valence-electron chi connectivity index (χ1n) is 7.36. The van der Waals surface area contributed by atoms with Gasteiger partial charge in [0, 0.05) is 5.71 Å². The zero-order chi connectivity index (χ0) is 16.8. The Bertz CT molecular complexity index is 485. The summed E-state index contributed by atoms with van der Waals surface area (Å²) in [6.45, 7) is 4.62. The fourth-order valence-corrected chi connectivity index (χ4v) is 2.88. The molecule has 1 amide bonds. The van der Waals surface area contributed by atoms with Crippen LogP contribution in [0.5, 0.6) is 0 Å². The number of hydrogen-bond acceptors (Lipinski definition) is 4. The molecule has 22 heavy (non-hydrogen) atoms. The number of carbonyl (C=O) groups excluding carboxylic acids is 1. The van der Waals surface area contributed by atoms with Gasteiger partial charge in [-0.15, -0.1) is 0 Å². The highest BCUT2D eigenvalue weighted by molar-refractivity contribution is 5.92. The maximum Gasteiger partial charge on any atom is 0.439 e. The number of carbonyl (C=O) groups is 1. The molecule has 0 aromatic heterocycles. The lowest BCUT2D eigenvalue weighted by atomic mass is 9.87. The fourth-order valence-electron chi connectivity index (χ4n) is 2.88. The predicted octanol–water partition coefficient (Wildman–Crippen LogP) is 3.42. The van der Waals surface area contributed by atoms with Crippen LogP contribution in [0.3, 0.4) is 0 Å². The first-order valence-corrected chi connectivity index (χ1v) is 7.36. The topological polar surface area (TPSA) is 62.1 Å². The Labute approximate surface area is 127 Å². The van der Waals surface area contributed by atoms with Crippen molar-refractivity contribution < 1.29 is 27.8 Å². The summed E-state index contributed by atoms with van der Waals surface area (Å²) in [7, 11) is 0. The molecule has 0 aromatic carbocycles. The average molecular weight is 322 g/mol. The van der Waals surface area contributed by atoms with Gasteiger partial charge in [-0.2, -0.15) is 23.3 Å². The van der Waals surface area contributed by atoms with E-state index in [9.17, 15) is 23.1 Å². The van der Waals surface area contributed by atoms with Crippen LogP contribution in [-0.4, -0.2) is 39.4 Å². The van der Waals surface area contributed by atoms with E-state index in [0.717, 1.165) is 6.42 Å². The van der Waals surface area contributed by atoms with E-state index in [0.29, 0.717) is 19.3 Å². The predicted molar refractivity (Wildman–Crippen MR) is 73.1 cm³/mol. The van der Waals surface area contributed by atoms with Crippen LogP contribution < -0.4 is 0 Å². The van der Waals surface area contributed by atoms with Crippen LogP contribution in [0.15, 0.2) is 5.10 Å². The Hall–Kier alpha value is -1.31. The van der Waals surface area contributed by atoms with E-state index in [1.54, 1.807) is 20.8 Å². The van der Waals surface area contributed by atoms with Crippen LogP contribution in [0, 0.1) is 5.92 Å². The molecular formula is C14H21F3N2O3. The Morgan fingerprint density at radius 2 is 1.95 bits per heavy atom. The first-order chi connectivity index (χ1) is 9.97. The monoisotopic (exact) mass is 322 g/mol. The molecule has 0 spiro atoms. The van der Waals surface area contributed by atoms with Crippen LogP contribution in [0.25, 0.3) is 0 Å². The van der Waals surface area contributed by atoms with Crippen molar-refractivity contribution >= 4 is 11.8 Å². The van der Waals surface area contributed by atoms with Gasteiger partial charge in [0.05, 0.1) is 5.92 Å².